The fourth-order valence-electron chi connectivity index (χ4n) is 4.76. The number of carbonyl (C=O) groups excluding carboxylic acids is 6. The SMILES string of the molecule is CC(C)C[C@H](CNC(=O)O[C@@H](C)OC(=O)c1ccccc1)CC(=O)[O-].CC(C)C[C@H](CNC(=O)O[C@@H](C)OC(=O)c1ccccc1)CC(=O)[O-].[Ca+2]. The summed E-state index contributed by atoms with van der Waals surface area (Å²) in [4.78, 5) is 68.7. The Hall–Kier alpha value is -3.88. The Kier molecular flexibility index (Phi) is 24.0. The van der Waals surface area contributed by atoms with Gasteiger partial charge < -0.3 is 49.4 Å². The van der Waals surface area contributed by atoms with E-state index in [0.717, 1.165) is 0 Å². The minimum Gasteiger partial charge on any atom is -0.550 e. The predicted octanol–water partition coefficient (Wildman–Crippen LogP) is 3.06. The second-order valence-electron chi connectivity index (χ2n) is 12.4. The molecule has 2 aromatic carbocycles. The van der Waals surface area contributed by atoms with Crippen molar-refractivity contribution in [3.8, 4) is 0 Å². The molecule has 2 N–H and O–H groups in total. The number of carboxylic acid groups (broad SMARTS) is 2. The van der Waals surface area contributed by atoms with Gasteiger partial charge in [-0.2, -0.15) is 0 Å². The summed E-state index contributed by atoms with van der Waals surface area (Å²) in [5.74, 6) is -3.46. The molecule has 0 saturated heterocycles. The molecule has 0 radical (unpaired) electrons. The quantitative estimate of drug-likeness (QED) is 0.128. The number of rotatable bonds is 18. The van der Waals surface area contributed by atoms with Crippen LogP contribution in [-0.4, -0.2) is 99.5 Å². The van der Waals surface area contributed by atoms with E-state index in [0.29, 0.717) is 24.0 Å². The molecule has 0 aliphatic rings. The van der Waals surface area contributed by atoms with Crippen LogP contribution in [0.3, 0.4) is 0 Å². The summed E-state index contributed by atoms with van der Waals surface area (Å²) < 4.78 is 19.9. The summed E-state index contributed by atoms with van der Waals surface area (Å²) in [6, 6.07) is 16.7. The van der Waals surface area contributed by atoms with Crippen molar-refractivity contribution in [1.82, 2.24) is 10.6 Å². The first-order valence-corrected chi connectivity index (χ1v) is 16.4. The first-order valence-electron chi connectivity index (χ1n) is 16.4. The number of amides is 2. The van der Waals surface area contributed by atoms with Gasteiger partial charge in [0, 0.05) is 38.9 Å². The van der Waals surface area contributed by atoms with Gasteiger partial charge in [-0.25, -0.2) is 19.2 Å². The molecule has 276 valence electrons. The number of carbonyl (C=O) groups is 6. The first-order chi connectivity index (χ1) is 23.5. The van der Waals surface area contributed by atoms with E-state index in [4.69, 9.17) is 18.9 Å². The molecule has 15 heteroatoms. The molecule has 51 heavy (non-hydrogen) atoms. The van der Waals surface area contributed by atoms with Gasteiger partial charge in [-0.1, -0.05) is 64.1 Å². The number of esters is 2. The number of aliphatic carboxylic acids is 2. The van der Waals surface area contributed by atoms with Gasteiger partial charge in [-0.05, 0) is 73.6 Å². The van der Waals surface area contributed by atoms with Crippen molar-refractivity contribution in [2.75, 3.05) is 13.1 Å². The Balaban J connectivity index is 0.000000962. The van der Waals surface area contributed by atoms with E-state index >= 15 is 0 Å². The minimum atomic E-state index is -1.16. The standard InChI is InChI=1S/2C18H25NO6.Ca/c2*1-12(2)9-14(10-16(20)21)11-19-18(23)25-13(3)24-17(22)15-7-5-4-6-8-15;/h2*4-8,12-14H,9-11H2,1-3H3,(H,19,23)(H,20,21);/q;;+2/p-2/t2*13-,14-;/m00./s1. The van der Waals surface area contributed by atoms with Crippen LogP contribution < -0.4 is 20.8 Å². The maximum Gasteiger partial charge on any atom is 2.00 e. The molecule has 0 aromatic heterocycles. The van der Waals surface area contributed by atoms with Crippen LogP contribution >= 0.6 is 0 Å². The van der Waals surface area contributed by atoms with Crippen LogP contribution in [0.2, 0.25) is 0 Å². The van der Waals surface area contributed by atoms with E-state index in [2.05, 4.69) is 10.6 Å². The predicted molar refractivity (Wildman–Crippen MR) is 182 cm³/mol. The monoisotopic (exact) mass is 740 g/mol. The van der Waals surface area contributed by atoms with Crippen molar-refractivity contribution in [2.24, 2.45) is 23.7 Å². The number of carboxylic acids is 2. The van der Waals surface area contributed by atoms with Crippen LogP contribution in [-0.2, 0) is 28.5 Å². The van der Waals surface area contributed by atoms with E-state index in [1.54, 1.807) is 60.7 Å². The van der Waals surface area contributed by atoms with Crippen molar-refractivity contribution < 1.29 is 57.9 Å². The normalized spacial score (nSPS) is 12.7. The summed E-state index contributed by atoms with van der Waals surface area (Å²) in [6.45, 7) is 11.0. The average molecular weight is 741 g/mol. The van der Waals surface area contributed by atoms with Crippen molar-refractivity contribution >= 4 is 73.8 Å². The van der Waals surface area contributed by atoms with Crippen molar-refractivity contribution in [2.45, 2.75) is 79.8 Å². The van der Waals surface area contributed by atoms with E-state index in [-0.39, 0.29) is 87.3 Å². The van der Waals surface area contributed by atoms with Crippen LogP contribution in [0.25, 0.3) is 0 Å². The number of benzene rings is 2. The zero-order chi connectivity index (χ0) is 37.6. The topological polar surface area (TPSA) is 210 Å². The molecule has 0 unspecified atom stereocenters. The van der Waals surface area contributed by atoms with Gasteiger partial charge in [0.2, 0.25) is 12.6 Å². The van der Waals surface area contributed by atoms with Crippen LogP contribution in [0, 0.1) is 23.7 Å². The Bertz CT molecular complexity index is 1250. The zero-order valence-electron chi connectivity index (χ0n) is 30.1. The summed E-state index contributed by atoms with van der Waals surface area (Å²) in [5, 5.41) is 26.5. The summed E-state index contributed by atoms with van der Waals surface area (Å²) in [6.07, 6.45) is -2.72. The van der Waals surface area contributed by atoms with E-state index in [1.165, 1.54) is 13.8 Å². The molecule has 4 atom stereocenters. The van der Waals surface area contributed by atoms with Crippen molar-refractivity contribution in [1.29, 1.82) is 0 Å². The number of hydrogen-bond donors (Lipinski definition) is 2. The smallest absolute Gasteiger partial charge is 0.550 e. The van der Waals surface area contributed by atoms with Gasteiger partial charge in [-0.15, -0.1) is 0 Å². The van der Waals surface area contributed by atoms with E-state index in [9.17, 15) is 39.0 Å². The van der Waals surface area contributed by atoms with Gasteiger partial charge in [0.1, 0.15) is 0 Å². The van der Waals surface area contributed by atoms with Gasteiger partial charge in [0.15, 0.2) is 0 Å². The number of alkyl carbamates (subject to hydrolysis) is 2. The molecule has 0 spiro atoms. The second-order valence-corrected chi connectivity index (χ2v) is 12.4. The van der Waals surface area contributed by atoms with Crippen molar-refractivity contribution in [3.05, 3.63) is 71.8 Å². The molecule has 2 rings (SSSR count). The van der Waals surface area contributed by atoms with Crippen LogP contribution in [0.15, 0.2) is 60.7 Å². The van der Waals surface area contributed by atoms with Gasteiger partial charge in [0.05, 0.1) is 11.1 Å². The molecule has 14 nitrogen and oxygen atoms in total. The van der Waals surface area contributed by atoms with Gasteiger partial charge in [-0.3, -0.25) is 0 Å². The van der Waals surface area contributed by atoms with E-state index < -0.39 is 48.6 Å². The Morgan fingerprint density at radius 2 is 0.863 bits per heavy atom. The maximum atomic E-state index is 11.8. The van der Waals surface area contributed by atoms with Gasteiger partial charge in [0.25, 0.3) is 0 Å². The molecule has 0 saturated carbocycles. The molecular formula is C36H48CaN2O12. The minimum absolute atomic E-state index is 0. The largest absolute Gasteiger partial charge is 2.00 e. The van der Waals surface area contributed by atoms with Crippen LogP contribution in [0.4, 0.5) is 9.59 Å². The third-order valence-corrected chi connectivity index (χ3v) is 6.70. The van der Waals surface area contributed by atoms with Crippen LogP contribution in [0.1, 0.15) is 87.9 Å². The summed E-state index contributed by atoms with van der Waals surface area (Å²) in [5.41, 5.74) is 0.702. The molecule has 0 fully saturated rings. The van der Waals surface area contributed by atoms with Gasteiger partial charge >= 0.3 is 61.9 Å². The fourth-order valence-corrected chi connectivity index (χ4v) is 4.76. The number of ether oxygens (including phenoxy) is 4. The molecule has 0 bridgehead atoms. The molecule has 0 aliphatic carbocycles. The molecule has 2 amide bonds. The third kappa shape index (κ3) is 23.3. The maximum absolute atomic E-state index is 11.8. The molecule has 0 aliphatic heterocycles. The summed E-state index contributed by atoms with van der Waals surface area (Å²) >= 11 is 0. The summed E-state index contributed by atoms with van der Waals surface area (Å²) in [7, 11) is 0. The third-order valence-electron chi connectivity index (χ3n) is 6.70. The number of nitrogens with one attached hydrogen (secondary N) is 2. The first kappa shape index (κ1) is 47.1. The Morgan fingerprint density at radius 3 is 1.14 bits per heavy atom. The second kappa shape index (κ2) is 26.0. The van der Waals surface area contributed by atoms with E-state index in [1.807, 2.05) is 27.7 Å². The molecule has 0 heterocycles. The Labute approximate surface area is 328 Å². The molecule has 2 aromatic rings. The zero-order valence-corrected chi connectivity index (χ0v) is 32.3. The number of hydrogen-bond acceptors (Lipinski definition) is 12. The fraction of sp³-hybridized carbons (Fsp3) is 0.500. The Morgan fingerprint density at radius 1 is 0.549 bits per heavy atom. The molecular weight excluding hydrogens is 692 g/mol. The van der Waals surface area contributed by atoms with Crippen molar-refractivity contribution in [3.63, 3.8) is 0 Å². The van der Waals surface area contributed by atoms with Crippen LogP contribution in [0.5, 0.6) is 0 Å². The average Bonchev–Trinajstić information content (AvgIpc) is 3.02.